The molecule has 232 valence electrons. The molecule has 0 radical (unpaired) electrons. The third-order valence-corrected chi connectivity index (χ3v) is 9.57. The summed E-state index contributed by atoms with van der Waals surface area (Å²) in [6, 6.07) is 15.4. The largest absolute Gasteiger partial charge is 0.494 e. The lowest BCUT2D eigenvalue weighted by Gasteiger charge is -2.41. The SMILES string of the molecule is CCOc1ccc(N2CC=C[C@@]3(C)O[C@]45C=CCN(Cc6ccccc6)C(=O)C4N([C@@H](CO)C(C)C)C(=O)[C@@H]5[C@H]3C2=O)cc1. The third kappa shape index (κ3) is 4.73. The maximum Gasteiger partial charge on any atom is 0.249 e. The molecule has 2 aromatic rings. The minimum absolute atomic E-state index is 0.140. The zero-order valence-electron chi connectivity index (χ0n) is 25.8. The van der Waals surface area contributed by atoms with Gasteiger partial charge in [-0.25, -0.2) is 0 Å². The molecule has 6 rings (SSSR count). The van der Waals surface area contributed by atoms with Crippen LogP contribution < -0.4 is 9.64 Å². The molecule has 2 fully saturated rings. The van der Waals surface area contributed by atoms with Crippen LogP contribution in [0.4, 0.5) is 5.69 Å². The Morgan fingerprint density at radius 1 is 0.932 bits per heavy atom. The van der Waals surface area contributed by atoms with Crippen molar-refractivity contribution in [2.45, 2.75) is 57.5 Å². The molecule has 4 aliphatic heterocycles. The summed E-state index contributed by atoms with van der Waals surface area (Å²) in [7, 11) is 0. The number of likely N-dealkylation sites (tertiary alicyclic amines) is 1. The highest BCUT2D eigenvalue weighted by atomic mass is 16.5. The van der Waals surface area contributed by atoms with Crippen LogP contribution in [0, 0.1) is 17.8 Å². The average Bonchev–Trinajstić information content (AvgIpc) is 3.28. The molecule has 2 aromatic carbocycles. The highest BCUT2D eigenvalue weighted by molar-refractivity contribution is 6.04. The van der Waals surface area contributed by atoms with Crippen molar-refractivity contribution in [1.29, 1.82) is 0 Å². The predicted octanol–water partition coefficient (Wildman–Crippen LogP) is 3.57. The van der Waals surface area contributed by atoms with Crippen LogP contribution in [0.1, 0.15) is 33.3 Å². The molecule has 0 aromatic heterocycles. The molecule has 6 atom stereocenters. The van der Waals surface area contributed by atoms with Crippen LogP contribution in [0.25, 0.3) is 0 Å². The van der Waals surface area contributed by atoms with E-state index in [0.29, 0.717) is 37.7 Å². The number of ether oxygens (including phenoxy) is 2. The Balaban J connectivity index is 1.44. The van der Waals surface area contributed by atoms with Crippen molar-refractivity contribution < 1.29 is 29.0 Å². The van der Waals surface area contributed by atoms with Gasteiger partial charge < -0.3 is 29.3 Å². The number of benzene rings is 2. The first-order valence-electron chi connectivity index (χ1n) is 15.5. The average molecular weight is 600 g/mol. The van der Waals surface area contributed by atoms with E-state index in [1.807, 2.05) is 107 Å². The molecule has 9 heteroatoms. The normalized spacial score (nSPS) is 30.3. The lowest BCUT2D eigenvalue weighted by Crippen LogP contribution is -2.59. The Kier molecular flexibility index (Phi) is 7.88. The number of aliphatic hydroxyl groups excluding tert-OH is 1. The topological polar surface area (TPSA) is 99.6 Å². The van der Waals surface area contributed by atoms with Crippen LogP contribution in [0.2, 0.25) is 0 Å². The van der Waals surface area contributed by atoms with Crippen LogP contribution in [-0.2, 0) is 25.7 Å². The van der Waals surface area contributed by atoms with Crippen LogP contribution >= 0.6 is 0 Å². The van der Waals surface area contributed by atoms with Gasteiger partial charge >= 0.3 is 0 Å². The summed E-state index contributed by atoms with van der Waals surface area (Å²) in [5.41, 5.74) is -0.866. The van der Waals surface area contributed by atoms with Crippen molar-refractivity contribution in [3.63, 3.8) is 0 Å². The van der Waals surface area contributed by atoms with Crippen LogP contribution in [0.15, 0.2) is 78.9 Å². The van der Waals surface area contributed by atoms with E-state index in [9.17, 15) is 19.5 Å². The first kappa shape index (κ1) is 30.1. The second-order valence-electron chi connectivity index (χ2n) is 12.6. The van der Waals surface area contributed by atoms with E-state index in [2.05, 4.69) is 0 Å². The first-order chi connectivity index (χ1) is 21.1. The van der Waals surface area contributed by atoms with Gasteiger partial charge in [0.1, 0.15) is 17.4 Å². The third-order valence-electron chi connectivity index (χ3n) is 9.57. The van der Waals surface area contributed by atoms with Crippen LogP contribution in [0.5, 0.6) is 5.75 Å². The first-order valence-corrected chi connectivity index (χ1v) is 15.5. The molecular formula is C35H41N3O6. The number of hydrogen-bond acceptors (Lipinski definition) is 6. The quantitative estimate of drug-likeness (QED) is 0.466. The van der Waals surface area contributed by atoms with Crippen molar-refractivity contribution in [2.75, 3.05) is 31.2 Å². The fourth-order valence-corrected chi connectivity index (χ4v) is 7.55. The van der Waals surface area contributed by atoms with Crippen molar-refractivity contribution in [2.24, 2.45) is 17.8 Å². The Hall–Kier alpha value is -3.95. The van der Waals surface area contributed by atoms with Crippen molar-refractivity contribution >= 4 is 23.4 Å². The fraction of sp³-hybridized carbons (Fsp3) is 0.457. The molecule has 44 heavy (non-hydrogen) atoms. The van der Waals surface area contributed by atoms with Crippen molar-refractivity contribution in [3.05, 3.63) is 84.5 Å². The zero-order chi connectivity index (χ0) is 31.2. The number of rotatable bonds is 8. The lowest BCUT2D eigenvalue weighted by atomic mass is 9.74. The minimum atomic E-state index is -1.39. The molecule has 0 bridgehead atoms. The molecule has 3 amide bonds. The summed E-state index contributed by atoms with van der Waals surface area (Å²) in [6.07, 6.45) is 7.52. The van der Waals surface area contributed by atoms with Crippen molar-refractivity contribution in [3.8, 4) is 5.75 Å². The maximum atomic E-state index is 14.7. The van der Waals surface area contributed by atoms with Gasteiger partial charge in [-0.15, -0.1) is 0 Å². The number of fused-ring (bicyclic) bond motifs is 2. The van der Waals surface area contributed by atoms with Gasteiger partial charge in [-0.05, 0) is 49.6 Å². The summed E-state index contributed by atoms with van der Waals surface area (Å²) in [4.78, 5) is 48.8. The standard InChI is InChI=1S/C35H41N3O6/c1-5-43-26-15-13-25(14-16-26)37-20-9-17-34(4)28(31(37)40)29-32(41)38(27(22-39)23(2)3)30-33(42)36(19-10-18-35(29,30)44-34)21-24-11-7-6-8-12-24/h6-18,23,27-30,39H,5,19-22H2,1-4H3/t27-,28-,29-,30?,34+,35-/m0/s1. The van der Waals surface area contributed by atoms with Gasteiger partial charge in [0, 0.05) is 25.3 Å². The number of carbonyl (C=O) groups excluding carboxylic acids is 3. The summed E-state index contributed by atoms with van der Waals surface area (Å²) >= 11 is 0. The van der Waals surface area contributed by atoms with Crippen LogP contribution in [-0.4, -0.2) is 82.2 Å². The lowest BCUT2D eigenvalue weighted by molar-refractivity contribution is -0.155. The van der Waals surface area contributed by atoms with E-state index in [0.717, 1.165) is 5.56 Å². The molecule has 1 N–H and O–H groups in total. The van der Waals surface area contributed by atoms with E-state index in [-0.39, 0.29) is 30.2 Å². The maximum absolute atomic E-state index is 14.7. The van der Waals surface area contributed by atoms with E-state index in [1.54, 1.807) is 9.80 Å². The Bertz CT molecular complexity index is 1470. The second kappa shape index (κ2) is 11.5. The summed E-state index contributed by atoms with van der Waals surface area (Å²) in [6.45, 7) is 8.83. The van der Waals surface area contributed by atoms with Crippen LogP contribution in [0.3, 0.4) is 0 Å². The number of amides is 3. The van der Waals surface area contributed by atoms with Crippen molar-refractivity contribution in [1.82, 2.24) is 9.80 Å². The number of nitrogens with zero attached hydrogens (tertiary/aromatic N) is 3. The van der Waals surface area contributed by atoms with E-state index < -0.39 is 35.1 Å². The molecule has 1 unspecified atom stereocenters. The number of anilines is 1. The van der Waals surface area contributed by atoms with Gasteiger partial charge in [0.25, 0.3) is 0 Å². The molecule has 4 heterocycles. The minimum Gasteiger partial charge on any atom is -0.494 e. The Morgan fingerprint density at radius 3 is 2.30 bits per heavy atom. The van der Waals surface area contributed by atoms with E-state index >= 15 is 0 Å². The Morgan fingerprint density at radius 2 is 1.64 bits per heavy atom. The number of carbonyl (C=O) groups is 3. The number of aliphatic hydroxyl groups is 1. The highest BCUT2D eigenvalue weighted by Crippen LogP contribution is 2.58. The smallest absolute Gasteiger partial charge is 0.249 e. The van der Waals surface area contributed by atoms with Gasteiger partial charge in [-0.1, -0.05) is 68.5 Å². The molecule has 1 spiro atoms. The fourth-order valence-electron chi connectivity index (χ4n) is 7.55. The second-order valence-corrected chi connectivity index (χ2v) is 12.6. The van der Waals surface area contributed by atoms with Gasteiger partial charge in [0.15, 0.2) is 0 Å². The molecule has 9 nitrogen and oxygen atoms in total. The number of hydrogen-bond donors (Lipinski definition) is 1. The van der Waals surface area contributed by atoms with Gasteiger partial charge in [0.2, 0.25) is 17.7 Å². The Labute approximate surface area is 258 Å². The van der Waals surface area contributed by atoms with E-state index in [1.165, 1.54) is 4.90 Å². The summed E-state index contributed by atoms with van der Waals surface area (Å²) in [5, 5.41) is 10.5. The van der Waals surface area contributed by atoms with E-state index in [4.69, 9.17) is 9.47 Å². The predicted molar refractivity (Wildman–Crippen MR) is 166 cm³/mol. The molecule has 0 aliphatic carbocycles. The molecular weight excluding hydrogens is 558 g/mol. The highest BCUT2D eigenvalue weighted by Gasteiger charge is 2.75. The molecule has 4 aliphatic rings. The summed E-state index contributed by atoms with van der Waals surface area (Å²) in [5.74, 6) is -2.12. The zero-order valence-corrected chi connectivity index (χ0v) is 25.8. The molecule has 2 saturated heterocycles. The van der Waals surface area contributed by atoms with Gasteiger partial charge in [0.05, 0.1) is 36.7 Å². The van der Waals surface area contributed by atoms with Gasteiger partial charge in [-0.3, -0.25) is 14.4 Å². The van der Waals surface area contributed by atoms with Gasteiger partial charge in [-0.2, -0.15) is 0 Å². The molecule has 0 saturated carbocycles. The summed E-state index contributed by atoms with van der Waals surface area (Å²) < 4.78 is 12.5. The monoisotopic (exact) mass is 599 g/mol.